The minimum Gasteiger partial charge on any atom is -0.379 e. The van der Waals surface area contributed by atoms with E-state index in [1.165, 1.54) is 4.90 Å². The molecule has 2 heterocycles. The molecule has 1 aliphatic rings. The van der Waals surface area contributed by atoms with E-state index < -0.39 is 36.1 Å². The molecule has 0 aliphatic carbocycles. The summed E-state index contributed by atoms with van der Waals surface area (Å²) in [5.74, 6) is -1.85. The number of likely N-dealkylation sites (tertiary alicyclic amines) is 1. The van der Waals surface area contributed by atoms with E-state index in [1.54, 1.807) is 57.7 Å². The molecule has 1 aromatic carbocycles. The molecule has 1 aliphatic heterocycles. The highest BCUT2D eigenvalue weighted by Crippen LogP contribution is 2.33. The van der Waals surface area contributed by atoms with Crippen LogP contribution in [0.1, 0.15) is 117 Å². The molecule has 324 valence electrons. The number of ketones is 2. The maximum atomic E-state index is 14.5. The van der Waals surface area contributed by atoms with E-state index in [0.29, 0.717) is 32.2 Å². The molecule has 1 fully saturated rings. The number of benzene rings is 1. The second-order valence-electron chi connectivity index (χ2n) is 17.1. The molecule has 3 amide bonds. The molecule has 0 spiro atoms. The van der Waals surface area contributed by atoms with Crippen molar-refractivity contribution in [3.63, 3.8) is 0 Å². The summed E-state index contributed by atoms with van der Waals surface area (Å²) < 4.78 is 12.2. The smallest absolute Gasteiger partial charge is 0.226 e. The highest BCUT2D eigenvalue weighted by molar-refractivity contribution is 7.09. The lowest BCUT2D eigenvalue weighted by molar-refractivity contribution is -0.149. The number of thiazole rings is 1. The monoisotopic (exact) mass is 825 g/mol. The fraction of sp³-hybridized carbons (Fsp3) is 0.696. The van der Waals surface area contributed by atoms with Gasteiger partial charge in [0.2, 0.25) is 17.7 Å². The Morgan fingerprint density at radius 3 is 2.09 bits per heavy atom. The first-order valence-corrected chi connectivity index (χ1v) is 22.3. The van der Waals surface area contributed by atoms with Crippen molar-refractivity contribution >= 4 is 40.6 Å². The highest BCUT2D eigenvalue weighted by Gasteiger charge is 2.43. The van der Waals surface area contributed by atoms with Gasteiger partial charge in [-0.1, -0.05) is 92.1 Å². The number of amides is 3. The van der Waals surface area contributed by atoms with Crippen LogP contribution >= 0.6 is 11.3 Å². The molecule has 1 unspecified atom stereocenters. The van der Waals surface area contributed by atoms with Gasteiger partial charge >= 0.3 is 0 Å². The number of hydrogen-bond donors (Lipinski definition) is 0. The molecule has 0 N–H and O–H groups in total. The summed E-state index contributed by atoms with van der Waals surface area (Å²) in [6.45, 7) is 16.1. The van der Waals surface area contributed by atoms with E-state index in [0.717, 1.165) is 23.4 Å². The fourth-order valence-corrected chi connectivity index (χ4v) is 9.74. The minimum atomic E-state index is -0.627. The largest absolute Gasteiger partial charge is 0.379 e. The van der Waals surface area contributed by atoms with Crippen LogP contribution in [0, 0.1) is 29.6 Å². The summed E-state index contributed by atoms with van der Waals surface area (Å²) in [4.78, 5) is 79.0. The zero-order valence-electron chi connectivity index (χ0n) is 37.3. The molecule has 2 aromatic rings. The zero-order valence-corrected chi connectivity index (χ0v) is 38.1. The van der Waals surface area contributed by atoms with E-state index in [-0.39, 0.29) is 71.8 Å². The third-order valence-electron chi connectivity index (χ3n) is 12.5. The number of aromatic nitrogens is 1. The number of Topliss-reactive ketones (excluding diaryl/α,β-unsaturated/α-hetero) is 2. The van der Waals surface area contributed by atoms with Gasteiger partial charge in [0.15, 0.2) is 5.78 Å². The van der Waals surface area contributed by atoms with E-state index in [4.69, 9.17) is 9.47 Å². The molecule has 0 bridgehead atoms. The summed E-state index contributed by atoms with van der Waals surface area (Å²) in [6, 6.07) is 8.79. The van der Waals surface area contributed by atoms with Gasteiger partial charge in [-0.05, 0) is 42.6 Å². The van der Waals surface area contributed by atoms with E-state index in [1.807, 2.05) is 63.1 Å². The number of rotatable bonds is 24. The van der Waals surface area contributed by atoms with Crippen molar-refractivity contribution < 1.29 is 33.4 Å². The van der Waals surface area contributed by atoms with Gasteiger partial charge in [0.1, 0.15) is 5.78 Å². The summed E-state index contributed by atoms with van der Waals surface area (Å²) in [6.07, 6.45) is 4.29. The van der Waals surface area contributed by atoms with E-state index >= 15 is 0 Å². The Kier molecular flexibility index (Phi) is 19.7. The van der Waals surface area contributed by atoms with Crippen LogP contribution in [0.25, 0.3) is 0 Å². The lowest BCUT2D eigenvalue weighted by atomic mass is 9.83. The second-order valence-corrected chi connectivity index (χ2v) is 18.0. The summed E-state index contributed by atoms with van der Waals surface area (Å²) in [7, 11) is 6.62. The van der Waals surface area contributed by atoms with Crippen LogP contribution in [0.15, 0.2) is 41.9 Å². The molecule has 12 heteroatoms. The topological polar surface area (TPSA) is 126 Å². The van der Waals surface area contributed by atoms with Gasteiger partial charge in [-0.15, -0.1) is 11.3 Å². The Bertz CT molecular complexity index is 1600. The zero-order chi connectivity index (χ0) is 43.3. The predicted molar refractivity (Wildman–Crippen MR) is 230 cm³/mol. The van der Waals surface area contributed by atoms with Crippen molar-refractivity contribution in [1.29, 1.82) is 0 Å². The first-order valence-electron chi connectivity index (χ1n) is 21.4. The Morgan fingerprint density at radius 2 is 1.55 bits per heavy atom. The molecule has 0 radical (unpaired) electrons. The molecule has 9 atom stereocenters. The summed E-state index contributed by atoms with van der Waals surface area (Å²) >= 11 is 1.56. The van der Waals surface area contributed by atoms with Crippen molar-refractivity contribution in [3.8, 4) is 0 Å². The maximum Gasteiger partial charge on any atom is 0.226 e. The molecule has 0 saturated carbocycles. The maximum absolute atomic E-state index is 14.5. The summed E-state index contributed by atoms with van der Waals surface area (Å²) in [5, 5.41) is 2.88. The SMILES string of the molecule is CCC(=O)N(C)[C@H](C(=O)C[C@H](C(=O)N(C)[C@@H](C(C)CC)[C@@H](CC(=O)N1CCC[C@H]1[C@H](OC)[C@@H](C)C(=O)C[C@@H](Cc1ccccc1)c1nccs1)OC)C(C)C)C(C)C. The Balaban J connectivity index is 1.80. The lowest BCUT2D eigenvalue weighted by Crippen LogP contribution is -2.54. The van der Waals surface area contributed by atoms with Gasteiger partial charge in [0.05, 0.1) is 41.8 Å². The van der Waals surface area contributed by atoms with Crippen molar-refractivity contribution in [2.75, 3.05) is 34.9 Å². The molecular formula is C46H72N4O7S. The predicted octanol–water partition coefficient (Wildman–Crippen LogP) is 7.47. The Labute approximate surface area is 352 Å². The number of nitrogens with zero attached hydrogens (tertiary/aromatic N) is 4. The third-order valence-corrected chi connectivity index (χ3v) is 13.5. The minimum absolute atomic E-state index is 0.0104. The van der Waals surface area contributed by atoms with Crippen LogP contribution in [-0.2, 0) is 39.9 Å². The number of methoxy groups -OCH3 is 2. The standard InChI is InChI=1S/C46H72N4O7S/c1-13-31(7)43(49(10)46(55)35(29(3)4)27-38(52)42(30(5)6)48(9)40(53)14-2)39(56-11)28-41(54)50-23-18-21-36(50)44(57-12)32(8)37(51)26-34(45-47-22-24-58-45)25-33-19-16-15-17-20-33/h15-17,19-20,22,24,29-32,34-36,39,42-44H,13-14,18,21,23,25-28H2,1-12H3/t31?,32-,34+,35-,36-,39+,42-,43-,44+/m0/s1. The molecule has 11 nitrogen and oxygen atoms in total. The molecule has 1 aromatic heterocycles. The van der Waals surface area contributed by atoms with Gasteiger partial charge in [0.25, 0.3) is 0 Å². The van der Waals surface area contributed by atoms with E-state index in [2.05, 4.69) is 31.0 Å². The second kappa shape index (κ2) is 23.3. The third kappa shape index (κ3) is 12.5. The van der Waals surface area contributed by atoms with Crippen molar-refractivity contribution in [1.82, 2.24) is 19.7 Å². The van der Waals surface area contributed by atoms with Gasteiger partial charge in [-0.3, -0.25) is 24.0 Å². The fourth-order valence-electron chi connectivity index (χ4n) is 9.00. The normalized spacial score (nSPS) is 18.6. The van der Waals surface area contributed by atoms with Gasteiger partial charge in [0, 0.05) is 83.5 Å². The number of carbonyl (C=O) groups is 5. The number of likely N-dealkylation sites (N-methyl/N-ethyl adjacent to an activating group) is 2. The van der Waals surface area contributed by atoms with Crippen LogP contribution in [0.5, 0.6) is 0 Å². The number of hydrogen-bond acceptors (Lipinski definition) is 9. The number of ether oxygens (including phenoxy) is 2. The molecular weight excluding hydrogens is 753 g/mol. The van der Waals surface area contributed by atoms with E-state index in [9.17, 15) is 24.0 Å². The average Bonchev–Trinajstić information content (AvgIpc) is 3.93. The van der Waals surface area contributed by atoms with Gasteiger partial charge in [-0.2, -0.15) is 0 Å². The van der Waals surface area contributed by atoms with Crippen LogP contribution < -0.4 is 0 Å². The molecule has 1 saturated heterocycles. The van der Waals surface area contributed by atoms with Crippen LogP contribution in [0.3, 0.4) is 0 Å². The van der Waals surface area contributed by atoms with Crippen molar-refractivity contribution in [2.45, 2.75) is 143 Å². The van der Waals surface area contributed by atoms with Gasteiger partial charge in [-0.25, -0.2) is 4.98 Å². The van der Waals surface area contributed by atoms with Gasteiger partial charge < -0.3 is 24.2 Å². The average molecular weight is 825 g/mol. The van der Waals surface area contributed by atoms with Crippen molar-refractivity contribution in [3.05, 3.63) is 52.5 Å². The number of carbonyl (C=O) groups excluding carboxylic acids is 5. The van der Waals surface area contributed by atoms with Crippen molar-refractivity contribution in [2.24, 2.45) is 29.6 Å². The van der Waals surface area contributed by atoms with Crippen LogP contribution in [0.4, 0.5) is 0 Å². The Morgan fingerprint density at radius 1 is 0.879 bits per heavy atom. The first-order chi connectivity index (χ1) is 27.5. The quantitative estimate of drug-likeness (QED) is 0.107. The lowest BCUT2D eigenvalue weighted by Gasteiger charge is -2.41. The molecule has 58 heavy (non-hydrogen) atoms. The first kappa shape index (κ1) is 48.9. The highest BCUT2D eigenvalue weighted by atomic mass is 32.1. The van der Waals surface area contributed by atoms with Crippen LogP contribution in [0.2, 0.25) is 0 Å². The van der Waals surface area contributed by atoms with Crippen LogP contribution in [-0.4, -0.2) is 114 Å². The summed E-state index contributed by atoms with van der Waals surface area (Å²) in [5.41, 5.74) is 1.15. The Hall–Kier alpha value is -3.48. The molecule has 3 rings (SSSR count).